The van der Waals surface area contributed by atoms with Crippen molar-refractivity contribution in [3.63, 3.8) is 0 Å². The smallest absolute Gasteiger partial charge is 0.269 e. The molecule has 0 radical (unpaired) electrons. The number of rotatable bonds is 7. The van der Waals surface area contributed by atoms with Gasteiger partial charge in [0.05, 0.1) is 10.7 Å². The van der Waals surface area contributed by atoms with Crippen LogP contribution in [0, 0.1) is 5.92 Å². The van der Waals surface area contributed by atoms with E-state index in [2.05, 4.69) is 16.8 Å². The van der Waals surface area contributed by atoms with Crippen LogP contribution in [0.1, 0.15) is 12.8 Å². The molecule has 2 N–H and O–H groups in total. The van der Waals surface area contributed by atoms with Crippen molar-refractivity contribution in [1.82, 2.24) is 15.1 Å². The first-order valence-electron chi connectivity index (χ1n) is 14.2. The second kappa shape index (κ2) is 11.4. The molecule has 3 aromatic rings. The van der Waals surface area contributed by atoms with Gasteiger partial charge in [0.25, 0.3) is 5.91 Å². The van der Waals surface area contributed by atoms with Gasteiger partial charge < -0.3 is 25.0 Å². The molecule has 3 aliphatic rings. The zero-order valence-corrected chi connectivity index (χ0v) is 23.9. The maximum atomic E-state index is 13.9. The van der Waals surface area contributed by atoms with Crippen molar-refractivity contribution in [2.45, 2.75) is 25.0 Å². The fourth-order valence-electron chi connectivity index (χ4n) is 6.26. The molecule has 3 aliphatic heterocycles. The van der Waals surface area contributed by atoms with E-state index in [1.165, 1.54) is 6.08 Å². The fraction of sp³-hybridized carbons (Fsp3) is 0.375. The van der Waals surface area contributed by atoms with Gasteiger partial charge in [0, 0.05) is 43.7 Å². The highest BCUT2D eigenvalue weighted by atomic mass is 35.5. The van der Waals surface area contributed by atoms with Crippen LogP contribution in [0.2, 0.25) is 5.02 Å². The second-order valence-electron chi connectivity index (χ2n) is 11.2. The van der Waals surface area contributed by atoms with E-state index in [4.69, 9.17) is 16.3 Å². The van der Waals surface area contributed by atoms with Crippen LogP contribution < -0.4 is 15.0 Å². The van der Waals surface area contributed by atoms with Crippen LogP contribution in [0.25, 0.3) is 21.9 Å². The number of aromatic hydroxyl groups is 1. The summed E-state index contributed by atoms with van der Waals surface area (Å²) in [5, 5.41) is 16.2. The molecule has 2 amide bonds. The van der Waals surface area contributed by atoms with E-state index in [-0.39, 0.29) is 23.5 Å². The summed E-state index contributed by atoms with van der Waals surface area (Å²) in [6.07, 6.45) is 2.72. The Morgan fingerprint density at radius 3 is 2.61 bits per heavy atom. The standard InChI is InChI=1S/C32H35ClN4O4/c1-3-31(39)36-16-20(17-36)18-37-28-15-27(33)26(25-13-23(38)12-21-6-4-5-7-24(21)25)14-29(28)41-30(32(37)40)19-35-10-8-22(34-2)9-11-35/h3-7,12-15,20,22,30,34,38H,1,8-11,16-19H2,2H3. The predicted molar refractivity (Wildman–Crippen MR) is 162 cm³/mol. The minimum Gasteiger partial charge on any atom is -0.508 e. The number of carbonyl (C=O) groups is 2. The first kappa shape index (κ1) is 27.6. The average Bonchev–Trinajstić information content (AvgIpc) is 2.96. The maximum Gasteiger partial charge on any atom is 0.269 e. The number of piperidine rings is 1. The Kier molecular flexibility index (Phi) is 7.64. The van der Waals surface area contributed by atoms with Crippen LogP contribution in [0.4, 0.5) is 5.69 Å². The van der Waals surface area contributed by atoms with Gasteiger partial charge in [-0.05, 0) is 79.7 Å². The van der Waals surface area contributed by atoms with Gasteiger partial charge in [0.2, 0.25) is 5.91 Å². The Morgan fingerprint density at radius 2 is 1.88 bits per heavy atom. The lowest BCUT2D eigenvalue weighted by atomic mass is 9.95. The van der Waals surface area contributed by atoms with Crippen LogP contribution in [0.3, 0.4) is 0 Å². The number of benzene rings is 3. The zero-order chi connectivity index (χ0) is 28.7. The van der Waals surface area contributed by atoms with Gasteiger partial charge in [0.15, 0.2) is 6.10 Å². The molecule has 1 unspecified atom stereocenters. The molecule has 8 nitrogen and oxygen atoms in total. The molecule has 3 aromatic carbocycles. The van der Waals surface area contributed by atoms with E-state index >= 15 is 0 Å². The van der Waals surface area contributed by atoms with Gasteiger partial charge in [-0.15, -0.1) is 0 Å². The summed E-state index contributed by atoms with van der Waals surface area (Å²) in [7, 11) is 1.99. The summed E-state index contributed by atoms with van der Waals surface area (Å²) in [4.78, 5) is 31.7. The summed E-state index contributed by atoms with van der Waals surface area (Å²) >= 11 is 6.90. The number of phenolic OH excluding ortho intramolecular Hbond substituents is 1. The van der Waals surface area contributed by atoms with Crippen LogP contribution in [-0.4, -0.2) is 85.2 Å². The highest BCUT2D eigenvalue weighted by Crippen LogP contribution is 2.45. The number of likely N-dealkylation sites (tertiary alicyclic amines) is 2. The molecular formula is C32H35ClN4O4. The minimum absolute atomic E-state index is 0.0895. The number of hydrogen-bond acceptors (Lipinski definition) is 6. The second-order valence-corrected chi connectivity index (χ2v) is 11.7. The number of amides is 2. The van der Waals surface area contributed by atoms with E-state index in [0.29, 0.717) is 48.7 Å². The molecule has 6 rings (SSSR count). The number of hydrogen-bond donors (Lipinski definition) is 2. The van der Waals surface area contributed by atoms with Gasteiger partial charge in [-0.3, -0.25) is 14.5 Å². The molecular weight excluding hydrogens is 540 g/mol. The van der Waals surface area contributed by atoms with Gasteiger partial charge >= 0.3 is 0 Å². The van der Waals surface area contributed by atoms with Crippen LogP contribution in [0.15, 0.2) is 61.2 Å². The minimum atomic E-state index is -0.658. The third-order valence-corrected chi connectivity index (χ3v) is 8.90. The van der Waals surface area contributed by atoms with Gasteiger partial charge in [0.1, 0.15) is 11.5 Å². The Hall–Kier alpha value is -3.59. The summed E-state index contributed by atoms with van der Waals surface area (Å²) in [5.41, 5.74) is 2.15. The van der Waals surface area contributed by atoms with Crippen molar-refractivity contribution in [3.05, 3.63) is 66.2 Å². The van der Waals surface area contributed by atoms with E-state index in [1.54, 1.807) is 28.0 Å². The molecule has 0 saturated carbocycles. The molecule has 214 valence electrons. The number of ether oxygens (including phenoxy) is 1. The predicted octanol–water partition coefficient (Wildman–Crippen LogP) is 4.29. The number of halogens is 1. The number of anilines is 1. The molecule has 3 heterocycles. The molecule has 0 aromatic heterocycles. The summed E-state index contributed by atoms with van der Waals surface area (Å²) in [6, 6.07) is 15.5. The summed E-state index contributed by atoms with van der Waals surface area (Å²) < 4.78 is 6.45. The van der Waals surface area contributed by atoms with Crippen molar-refractivity contribution < 1.29 is 19.4 Å². The third-order valence-electron chi connectivity index (χ3n) is 8.59. The molecule has 0 bridgehead atoms. The molecule has 2 saturated heterocycles. The first-order valence-corrected chi connectivity index (χ1v) is 14.6. The maximum absolute atomic E-state index is 13.9. The Morgan fingerprint density at radius 1 is 1.12 bits per heavy atom. The fourth-order valence-corrected chi connectivity index (χ4v) is 6.52. The Balaban J connectivity index is 1.34. The molecule has 0 aliphatic carbocycles. The highest BCUT2D eigenvalue weighted by Gasteiger charge is 2.40. The lowest BCUT2D eigenvalue weighted by molar-refractivity contribution is -0.132. The highest BCUT2D eigenvalue weighted by molar-refractivity contribution is 6.34. The SMILES string of the molecule is C=CC(=O)N1CC(CN2C(=O)C(CN3CCC(NC)CC3)Oc3cc(-c4cc(O)cc5ccccc45)c(Cl)cc32)C1. The molecule has 9 heteroatoms. The average molecular weight is 575 g/mol. The van der Waals surface area contributed by atoms with Gasteiger partial charge in [-0.25, -0.2) is 0 Å². The quantitative estimate of drug-likeness (QED) is 0.410. The topological polar surface area (TPSA) is 85.4 Å². The first-order chi connectivity index (χ1) is 19.8. The van der Waals surface area contributed by atoms with Crippen LogP contribution in [-0.2, 0) is 9.59 Å². The zero-order valence-electron chi connectivity index (χ0n) is 23.2. The monoisotopic (exact) mass is 574 g/mol. The van der Waals surface area contributed by atoms with Crippen molar-refractivity contribution in [3.8, 4) is 22.6 Å². The number of fused-ring (bicyclic) bond motifs is 2. The lowest BCUT2D eigenvalue weighted by Gasteiger charge is -2.44. The molecule has 41 heavy (non-hydrogen) atoms. The van der Waals surface area contributed by atoms with E-state index < -0.39 is 6.10 Å². The number of carbonyl (C=O) groups excluding carboxylic acids is 2. The molecule has 0 spiro atoms. The lowest BCUT2D eigenvalue weighted by Crippen LogP contribution is -2.58. The van der Waals surface area contributed by atoms with Crippen molar-refractivity contribution in [2.24, 2.45) is 5.92 Å². The van der Waals surface area contributed by atoms with E-state index in [1.807, 2.05) is 37.4 Å². The number of phenols is 1. The van der Waals surface area contributed by atoms with Crippen molar-refractivity contribution in [2.75, 3.05) is 51.2 Å². The third kappa shape index (κ3) is 5.39. The van der Waals surface area contributed by atoms with E-state index in [0.717, 1.165) is 47.8 Å². The van der Waals surface area contributed by atoms with E-state index in [9.17, 15) is 14.7 Å². The van der Waals surface area contributed by atoms with Gasteiger partial charge in [-0.1, -0.05) is 42.4 Å². The van der Waals surface area contributed by atoms with Crippen LogP contribution >= 0.6 is 11.6 Å². The largest absolute Gasteiger partial charge is 0.508 e. The molecule has 1 atom stereocenters. The van der Waals surface area contributed by atoms with Gasteiger partial charge in [-0.2, -0.15) is 0 Å². The number of nitrogens with one attached hydrogen (secondary N) is 1. The van der Waals surface area contributed by atoms with Crippen molar-refractivity contribution >= 4 is 39.9 Å². The summed E-state index contributed by atoms with van der Waals surface area (Å²) in [6.45, 7) is 7.50. The Bertz CT molecular complexity index is 1500. The van der Waals surface area contributed by atoms with Crippen molar-refractivity contribution in [1.29, 1.82) is 0 Å². The van der Waals surface area contributed by atoms with Crippen LogP contribution in [0.5, 0.6) is 11.5 Å². The normalized spacial score (nSPS) is 20.0. The summed E-state index contributed by atoms with van der Waals surface area (Å²) in [5.74, 6) is 0.702. The number of nitrogens with zero attached hydrogens (tertiary/aromatic N) is 3. The Labute approximate surface area is 245 Å². The molecule has 2 fully saturated rings.